The summed E-state index contributed by atoms with van der Waals surface area (Å²) in [5.74, 6) is 0. The number of hydrogen-bond acceptors (Lipinski definition) is 3. The summed E-state index contributed by atoms with van der Waals surface area (Å²) in [5.41, 5.74) is 0. The van der Waals surface area contributed by atoms with Gasteiger partial charge in [-0.2, -0.15) is 0 Å². The van der Waals surface area contributed by atoms with Crippen molar-refractivity contribution in [2.24, 2.45) is 0 Å². The van der Waals surface area contributed by atoms with Crippen LogP contribution >= 0.6 is 0 Å². The van der Waals surface area contributed by atoms with E-state index in [0.717, 1.165) is 0 Å². The third-order valence-electron chi connectivity index (χ3n) is 4.04. The summed E-state index contributed by atoms with van der Waals surface area (Å²) < 4.78 is 8.76. The molecule has 0 aliphatic rings. The SMILES string of the molecule is CCC[N](CCC)[Ga]([N](CCC)CCC)[N](CCC)CCC. The normalized spacial score (nSPS) is 11.9. The van der Waals surface area contributed by atoms with Crippen LogP contribution in [0.5, 0.6) is 0 Å². The molecular weight excluding hydrogens is 328 g/mol. The molecule has 0 saturated carbocycles. The topological polar surface area (TPSA) is 9.72 Å². The minimum absolute atomic E-state index is 1.29. The van der Waals surface area contributed by atoms with Crippen molar-refractivity contribution in [3.8, 4) is 0 Å². The Labute approximate surface area is 147 Å². The summed E-state index contributed by atoms with van der Waals surface area (Å²) in [6, 6.07) is 0. The van der Waals surface area contributed by atoms with Gasteiger partial charge in [-0.3, -0.25) is 0 Å². The molecule has 4 heteroatoms. The first-order valence-corrected chi connectivity index (χ1v) is 13.2. The second-order valence-corrected chi connectivity index (χ2v) is 12.5. The molecule has 0 atom stereocenters. The van der Waals surface area contributed by atoms with Crippen LogP contribution in [-0.2, 0) is 0 Å². The molecule has 0 N–H and O–H groups in total. The molecule has 0 aromatic rings. The van der Waals surface area contributed by atoms with Crippen LogP contribution < -0.4 is 0 Å². The zero-order chi connectivity index (χ0) is 16.8. The van der Waals surface area contributed by atoms with Gasteiger partial charge in [0.05, 0.1) is 0 Å². The third kappa shape index (κ3) is 8.39. The van der Waals surface area contributed by atoms with Crippen molar-refractivity contribution >= 4 is 16.9 Å². The molecule has 132 valence electrons. The van der Waals surface area contributed by atoms with Gasteiger partial charge in [-0.1, -0.05) is 0 Å². The van der Waals surface area contributed by atoms with E-state index in [9.17, 15) is 0 Å². The average Bonchev–Trinajstić information content (AvgIpc) is 2.49. The van der Waals surface area contributed by atoms with Gasteiger partial charge in [0, 0.05) is 0 Å². The first-order valence-electron chi connectivity index (χ1n) is 9.91. The molecule has 0 aliphatic carbocycles. The maximum absolute atomic E-state index is 2.92. The van der Waals surface area contributed by atoms with Crippen molar-refractivity contribution in [1.29, 1.82) is 0 Å². The summed E-state index contributed by atoms with van der Waals surface area (Å²) in [6.45, 7) is 21.8. The number of nitrogens with zero attached hydrogens (tertiary/aromatic N) is 3. The summed E-state index contributed by atoms with van der Waals surface area (Å²) in [6.07, 6.45) is 7.75. The van der Waals surface area contributed by atoms with Gasteiger partial charge in [0.15, 0.2) is 0 Å². The minimum atomic E-state index is -1.77. The van der Waals surface area contributed by atoms with Gasteiger partial charge in [-0.05, 0) is 0 Å². The van der Waals surface area contributed by atoms with Gasteiger partial charge in [-0.15, -0.1) is 0 Å². The Bertz CT molecular complexity index is 182. The fraction of sp³-hybridized carbons (Fsp3) is 1.00. The maximum atomic E-state index is 2.92. The molecule has 0 amide bonds. The van der Waals surface area contributed by atoms with Crippen molar-refractivity contribution in [3.05, 3.63) is 0 Å². The molecule has 0 rings (SSSR count). The summed E-state index contributed by atoms with van der Waals surface area (Å²) in [7, 11) is 0. The quantitative estimate of drug-likeness (QED) is 0.397. The zero-order valence-electron chi connectivity index (χ0n) is 16.4. The Balaban J connectivity index is 5.34. The predicted molar refractivity (Wildman–Crippen MR) is 102 cm³/mol. The Kier molecular flexibility index (Phi) is 15.4. The van der Waals surface area contributed by atoms with Gasteiger partial charge in [0.2, 0.25) is 0 Å². The van der Waals surface area contributed by atoms with E-state index in [4.69, 9.17) is 0 Å². The Morgan fingerprint density at radius 1 is 0.409 bits per heavy atom. The monoisotopic (exact) mass is 369 g/mol. The van der Waals surface area contributed by atoms with E-state index in [-0.39, 0.29) is 0 Å². The molecule has 0 unspecified atom stereocenters. The zero-order valence-corrected chi connectivity index (χ0v) is 18.8. The third-order valence-corrected chi connectivity index (χ3v) is 11.4. The van der Waals surface area contributed by atoms with Crippen molar-refractivity contribution in [2.75, 3.05) is 39.3 Å². The van der Waals surface area contributed by atoms with Gasteiger partial charge in [-0.25, -0.2) is 0 Å². The van der Waals surface area contributed by atoms with Crippen LogP contribution in [-0.4, -0.2) is 67.0 Å². The predicted octanol–water partition coefficient (Wildman–Crippen LogP) is 4.34. The van der Waals surface area contributed by atoms with Crippen LogP contribution in [0.2, 0.25) is 0 Å². The van der Waals surface area contributed by atoms with Gasteiger partial charge >= 0.3 is 147 Å². The van der Waals surface area contributed by atoms with E-state index in [1.54, 1.807) is 0 Å². The van der Waals surface area contributed by atoms with Crippen LogP contribution in [0.15, 0.2) is 0 Å². The molecular formula is C18H42GaN3. The first-order chi connectivity index (χ1) is 10.7. The molecule has 3 nitrogen and oxygen atoms in total. The van der Waals surface area contributed by atoms with Crippen LogP contribution in [0.1, 0.15) is 80.1 Å². The van der Waals surface area contributed by atoms with E-state index >= 15 is 0 Å². The van der Waals surface area contributed by atoms with E-state index in [0.29, 0.717) is 0 Å². The fourth-order valence-electron chi connectivity index (χ4n) is 3.44. The summed E-state index contributed by atoms with van der Waals surface area (Å²) in [4.78, 5) is 0. The molecule has 0 aliphatic heterocycles. The van der Waals surface area contributed by atoms with Gasteiger partial charge in [0.1, 0.15) is 0 Å². The van der Waals surface area contributed by atoms with Crippen molar-refractivity contribution in [1.82, 2.24) is 10.8 Å². The van der Waals surface area contributed by atoms with Crippen LogP contribution in [0.4, 0.5) is 0 Å². The Morgan fingerprint density at radius 2 is 0.591 bits per heavy atom. The van der Waals surface area contributed by atoms with Crippen LogP contribution in [0, 0.1) is 0 Å². The molecule has 0 aromatic heterocycles. The van der Waals surface area contributed by atoms with Gasteiger partial charge in [0.25, 0.3) is 0 Å². The van der Waals surface area contributed by atoms with Crippen molar-refractivity contribution in [3.63, 3.8) is 0 Å². The molecule has 0 spiro atoms. The standard InChI is InChI=1S/3C6H14N.Ga/c3*1-3-5-7-6-4-2;/h3*3-6H2,1-2H3;/q3*-1;+3. The van der Waals surface area contributed by atoms with Gasteiger partial charge < -0.3 is 0 Å². The van der Waals surface area contributed by atoms with E-state index < -0.39 is 16.9 Å². The summed E-state index contributed by atoms with van der Waals surface area (Å²) in [5, 5.41) is 0. The number of hydrogen-bond donors (Lipinski definition) is 0. The van der Waals surface area contributed by atoms with Crippen LogP contribution in [0.3, 0.4) is 0 Å². The summed E-state index contributed by atoms with van der Waals surface area (Å²) >= 11 is -1.77. The number of rotatable bonds is 15. The molecule has 0 bridgehead atoms. The molecule has 22 heavy (non-hydrogen) atoms. The van der Waals surface area contributed by atoms with Crippen LogP contribution in [0.25, 0.3) is 0 Å². The molecule has 0 heterocycles. The van der Waals surface area contributed by atoms with E-state index in [2.05, 4.69) is 52.4 Å². The second-order valence-electron chi connectivity index (χ2n) is 6.45. The average molecular weight is 370 g/mol. The van der Waals surface area contributed by atoms with E-state index in [1.807, 2.05) is 0 Å². The fourth-order valence-corrected chi connectivity index (χ4v) is 12.5. The molecule has 0 radical (unpaired) electrons. The Morgan fingerprint density at radius 3 is 0.727 bits per heavy atom. The first kappa shape index (κ1) is 22.5. The molecule has 0 saturated heterocycles. The second kappa shape index (κ2) is 15.1. The van der Waals surface area contributed by atoms with E-state index in [1.165, 1.54) is 77.8 Å². The van der Waals surface area contributed by atoms with Crippen molar-refractivity contribution in [2.45, 2.75) is 80.1 Å². The molecule has 0 fully saturated rings. The Hall–Kier alpha value is 0.516. The molecule has 0 aromatic carbocycles. The van der Waals surface area contributed by atoms with Crippen molar-refractivity contribution < 1.29 is 0 Å².